The van der Waals surface area contributed by atoms with Crippen LogP contribution in [0.1, 0.15) is 32.3 Å². The predicted octanol–water partition coefficient (Wildman–Crippen LogP) is 2.04. The molecule has 0 aliphatic carbocycles. The van der Waals surface area contributed by atoms with Crippen molar-refractivity contribution in [2.24, 2.45) is 11.1 Å². The van der Waals surface area contributed by atoms with Crippen LogP contribution in [0.2, 0.25) is 0 Å². The summed E-state index contributed by atoms with van der Waals surface area (Å²) in [6, 6.07) is 9.83. The fourth-order valence-electron chi connectivity index (χ4n) is 3.08. The Balaban J connectivity index is 0.00000312. The van der Waals surface area contributed by atoms with E-state index in [0.717, 1.165) is 5.56 Å². The van der Waals surface area contributed by atoms with Gasteiger partial charge in [0.2, 0.25) is 5.91 Å². The molecule has 25 heavy (non-hydrogen) atoms. The van der Waals surface area contributed by atoms with E-state index in [-0.39, 0.29) is 35.5 Å². The van der Waals surface area contributed by atoms with E-state index < -0.39 is 15.6 Å². The van der Waals surface area contributed by atoms with E-state index in [9.17, 15) is 13.2 Å². The summed E-state index contributed by atoms with van der Waals surface area (Å²) in [7, 11) is -3.37. The van der Waals surface area contributed by atoms with Gasteiger partial charge in [0, 0.05) is 19.1 Å². The summed E-state index contributed by atoms with van der Waals surface area (Å²) in [4.78, 5) is 14.0. The first-order valence-electron chi connectivity index (χ1n) is 8.47. The number of nitrogens with zero attached hydrogens (tertiary/aromatic N) is 1. The van der Waals surface area contributed by atoms with Crippen LogP contribution in [0.4, 0.5) is 0 Å². The fraction of sp³-hybridized carbons (Fsp3) is 0.611. The molecule has 142 valence electrons. The summed E-state index contributed by atoms with van der Waals surface area (Å²) in [5.74, 6) is -0.646. The second-order valence-corrected chi connectivity index (χ2v) is 9.56. The maximum atomic E-state index is 12.3. The van der Waals surface area contributed by atoms with Crippen molar-refractivity contribution >= 4 is 28.2 Å². The van der Waals surface area contributed by atoms with Crippen molar-refractivity contribution < 1.29 is 13.2 Å². The minimum absolute atomic E-state index is 0. The molecule has 1 atom stereocenters. The molecule has 0 radical (unpaired) electrons. The van der Waals surface area contributed by atoms with E-state index in [4.69, 9.17) is 5.73 Å². The van der Waals surface area contributed by atoms with Gasteiger partial charge in [-0.15, -0.1) is 12.4 Å². The van der Waals surface area contributed by atoms with Gasteiger partial charge in [-0.05, 0) is 30.2 Å². The molecule has 5 nitrogen and oxygen atoms in total. The molecule has 7 heteroatoms. The molecular weight excluding hydrogens is 360 g/mol. The molecule has 0 aromatic heterocycles. The number of rotatable bonds is 6. The van der Waals surface area contributed by atoms with Gasteiger partial charge in [-0.3, -0.25) is 4.79 Å². The quantitative estimate of drug-likeness (QED) is 0.808. The van der Waals surface area contributed by atoms with Gasteiger partial charge in [0.1, 0.15) is 5.75 Å². The van der Waals surface area contributed by atoms with Crippen LogP contribution >= 0.6 is 12.4 Å². The number of hydrogen-bond acceptors (Lipinski definition) is 4. The highest BCUT2D eigenvalue weighted by atomic mass is 35.5. The lowest BCUT2D eigenvalue weighted by Crippen LogP contribution is -2.54. The van der Waals surface area contributed by atoms with Crippen molar-refractivity contribution in [2.45, 2.75) is 39.2 Å². The highest BCUT2D eigenvalue weighted by Crippen LogP contribution is 2.27. The highest BCUT2D eigenvalue weighted by Gasteiger charge is 2.36. The zero-order chi connectivity index (χ0) is 17.8. The SMILES string of the molecule is CC1(C)CN(C(=O)CS(=O)(=O)CCCc2ccccc2)CCC1N.Cl. The summed E-state index contributed by atoms with van der Waals surface area (Å²) in [6.07, 6.45) is 1.96. The molecule has 1 aliphatic rings. The molecule has 0 bridgehead atoms. The van der Waals surface area contributed by atoms with Crippen LogP contribution in [0.3, 0.4) is 0 Å². The zero-order valence-corrected chi connectivity index (χ0v) is 16.6. The Morgan fingerprint density at radius 1 is 1.28 bits per heavy atom. The van der Waals surface area contributed by atoms with Gasteiger partial charge in [-0.2, -0.15) is 0 Å². The van der Waals surface area contributed by atoms with Crippen molar-refractivity contribution in [3.05, 3.63) is 35.9 Å². The summed E-state index contributed by atoms with van der Waals surface area (Å²) < 4.78 is 24.5. The molecule has 1 heterocycles. The van der Waals surface area contributed by atoms with Crippen LogP contribution in [-0.4, -0.2) is 49.9 Å². The van der Waals surface area contributed by atoms with Gasteiger partial charge in [0.05, 0.1) is 5.75 Å². The third-order valence-corrected chi connectivity index (χ3v) is 6.37. The van der Waals surface area contributed by atoms with E-state index in [1.165, 1.54) is 0 Å². The molecule has 1 saturated heterocycles. The van der Waals surface area contributed by atoms with Gasteiger partial charge in [0.25, 0.3) is 0 Å². The van der Waals surface area contributed by atoms with Gasteiger partial charge in [0.15, 0.2) is 9.84 Å². The lowest BCUT2D eigenvalue weighted by molar-refractivity contribution is -0.131. The standard InChI is InChI=1S/C18H28N2O3S.ClH/c1-18(2)14-20(11-10-16(18)19)17(21)13-24(22,23)12-6-9-15-7-4-3-5-8-15;/h3-5,7-8,16H,6,9-14,19H2,1-2H3;1H. The second-order valence-electron chi connectivity index (χ2n) is 7.38. The predicted molar refractivity (Wildman–Crippen MR) is 104 cm³/mol. The molecule has 1 unspecified atom stereocenters. The second kappa shape index (κ2) is 9.01. The van der Waals surface area contributed by atoms with E-state index in [2.05, 4.69) is 0 Å². The molecule has 0 saturated carbocycles. The van der Waals surface area contributed by atoms with Crippen molar-refractivity contribution in [3.63, 3.8) is 0 Å². The molecule has 1 aliphatic heterocycles. The Hall–Kier alpha value is -1.11. The number of hydrogen-bond donors (Lipinski definition) is 1. The smallest absolute Gasteiger partial charge is 0.237 e. The van der Waals surface area contributed by atoms with Gasteiger partial charge in [-0.25, -0.2) is 8.42 Å². The Morgan fingerprint density at radius 2 is 1.92 bits per heavy atom. The van der Waals surface area contributed by atoms with Crippen molar-refractivity contribution in [3.8, 4) is 0 Å². The molecule has 2 rings (SSSR count). The molecule has 0 spiro atoms. The normalized spacial score (nSPS) is 20.0. The van der Waals surface area contributed by atoms with Crippen LogP contribution < -0.4 is 5.73 Å². The fourth-order valence-corrected chi connectivity index (χ4v) is 4.37. The maximum Gasteiger partial charge on any atom is 0.237 e. The Bertz CT molecular complexity index is 662. The molecule has 1 aromatic rings. The number of nitrogens with two attached hydrogens (primary N) is 1. The summed E-state index contributed by atoms with van der Waals surface area (Å²) in [6.45, 7) is 5.10. The molecule has 1 fully saturated rings. The molecular formula is C18H29ClN2O3S. The van der Waals surface area contributed by atoms with Crippen LogP contribution in [-0.2, 0) is 21.1 Å². The summed E-state index contributed by atoms with van der Waals surface area (Å²) in [5.41, 5.74) is 7.01. The third-order valence-electron chi connectivity index (χ3n) is 4.77. The third kappa shape index (κ3) is 6.60. The van der Waals surface area contributed by atoms with Gasteiger partial charge < -0.3 is 10.6 Å². The number of sulfone groups is 1. The Kier molecular flexibility index (Phi) is 7.90. The Morgan fingerprint density at radius 3 is 2.52 bits per heavy atom. The largest absolute Gasteiger partial charge is 0.341 e. The first-order chi connectivity index (χ1) is 11.2. The van der Waals surface area contributed by atoms with E-state index >= 15 is 0 Å². The monoisotopic (exact) mass is 388 g/mol. The summed E-state index contributed by atoms with van der Waals surface area (Å²) in [5, 5.41) is 0. The zero-order valence-electron chi connectivity index (χ0n) is 15.0. The number of likely N-dealkylation sites (tertiary alicyclic amines) is 1. The topological polar surface area (TPSA) is 80.5 Å². The van der Waals surface area contributed by atoms with Gasteiger partial charge in [-0.1, -0.05) is 44.2 Å². The maximum absolute atomic E-state index is 12.3. The minimum Gasteiger partial charge on any atom is -0.341 e. The van der Waals surface area contributed by atoms with E-state index in [1.54, 1.807) is 4.90 Å². The van der Waals surface area contributed by atoms with Gasteiger partial charge >= 0.3 is 0 Å². The summed E-state index contributed by atoms with van der Waals surface area (Å²) >= 11 is 0. The number of aryl methyl sites for hydroxylation is 1. The van der Waals surface area contributed by atoms with Crippen molar-refractivity contribution in [1.82, 2.24) is 4.90 Å². The first-order valence-corrected chi connectivity index (χ1v) is 10.3. The Labute approximate surface area is 157 Å². The number of halogens is 1. The lowest BCUT2D eigenvalue weighted by Gasteiger charge is -2.42. The number of carbonyl (C=O) groups excluding carboxylic acids is 1. The number of amides is 1. The first kappa shape index (κ1) is 21.9. The average molecular weight is 389 g/mol. The van der Waals surface area contributed by atoms with Crippen LogP contribution in [0.25, 0.3) is 0 Å². The molecule has 1 amide bonds. The minimum atomic E-state index is -3.37. The number of benzene rings is 1. The number of carbonyl (C=O) groups is 1. The van der Waals surface area contributed by atoms with Crippen molar-refractivity contribution in [1.29, 1.82) is 0 Å². The van der Waals surface area contributed by atoms with Crippen molar-refractivity contribution in [2.75, 3.05) is 24.6 Å². The average Bonchev–Trinajstić information content (AvgIpc) is 2.50. The van der Waals surface area contributed by atoms with E-state index in [0.29, 0.717) is 32.4 Å². The number of piperidine rings is 1. The van der Waals surface area contributed by atoms with Crippen LogP contribution in [0.15, 0.2) is 30.3 Å². The van der Waals surface area contributed by atoms with Crippen LogP contribution in [0, 0.1) is 5.41 Å². The highest BCUT2D eigenvalue weighted by molar-refractivity contribution is 7.92. The van der Waals surface area contributed by atoms with Crippen LogP contribution in [0.5, 0.6) is 0 Å². The molecule has 2 N–H and O–H groups in total. The lowest BCUT2D eigenvalue weighted by atomic mass is 9.80. The molecule has 1 aromatic carbocycles. The van der Waals surface area contributed by atoms with E-state index in [1.807, 2.05) is 44.2 Å².